The van der Waals surface area contributed by atoms with Crippen LogP contribution in [0, 0.1) is 0 Å². The van der Waals surface area contributed by atoms with Gasteiger partial charge in [0.25, 0.3) is 0 Å². The minimum atomic E-state index is -3.65. The van der Waals surface area contributed by atoms with Crippen LogP contribution in [0.3, 0.4) is 0 Å². The van der Waals surface area contributed by atoms with Crippen LogP contribution in [0.15, 0.2) is 29.2 Å². The number of sulfone groups is 1. The molecule has 0 radical (unpaired) electrons. The highest BCUT2D eigenvalue weighted by Gasteiger charge is 2.32. The molecule has 0 spiro atoms. The van der Waals surface area contributed by atoms with E-state index >= 15 is 0 Å². The summed E-state index contributed by atoms with van der Waals surface area (Å²) in [6, 6.07) is 6.47. The minimum absolute atomic E-state index is 0.0507. The van der Waals surface area contributed by atoms with Crippen molar-refractivity contribution in [1.82, 2.24) is 4.72 Å². The van der Waals surface area contributed by atoms with E-state index in [0.29, 0.717) is 18.2 Å². The summed E-state index contributed by atoms with van der Waals surface area (Å²) in [4.78, 5) is 0.151. The molecule has 1 aliphatic heterocycles. The van der Waals surface area contributed by atoms with Gasteiger partial charge in [0.1, 0.15) is 0 Å². The highest BCUT2D eigenvalue weighted by atomic mass is 79.9. The number of benzene rings is 1. The van der Waals surface area contributed by atoms with E-state index in [4.69, 9.17) is 0 Å². The largest absolute Gasteiger partial charge is 0.240 e. The average Bonchev–Trinajstić information content (AvgIpc) is 2.75. The van der Waals surface area contributed by atoms with E-state index in [2.05, 4.69) is 20.7 Å². The van der Waals surface area contributed by atoms with Crippen LogP contribution in [0.5, 0.6) is 0 Å². The lowest BCUT2D eigenvalue weighted by Gasteiger charge is -2.11. The van der Waals surface area contributed by atoms with Crippen LogP contribution in [0.1, 0.15) is 18.4 Å². The second kappa shape index (κ2) is 6.13. The first kappa shape index (κ1) is 15.9. The molecule has 1 unspecified atom stereocenters. The standard InChI is InChI=1S/C12H16BrNO4S2/c13-8-10-3-5-11(6-4-10)20(17,18)14-9-12-2-1-7-19(12,15)16/h3-6,12,14H,1-2,7-9H2. The zero-order valence-electron chi connectivity index (χ0n) is 10.7. The highest BCUT2D eigenvalue weighted by Crippen LogP contribution is 2.20. The molecule has 112 valence electrons. The summed E-state index contributed by atoms with van der Waals surface area (Å²) in [5.74, 6) is 0.152. The number of sulfonamides is 1. The zero-order valence-corrected chi connectivity index (χ0v) is 14.0. The third kappa shape index (κ3) is 3.60. The number of nitrogens with one attached hydrogen (secondary N) is 1. The molecule has 5 nitrogen and oxygen atoms in total. The Bertz CT molecular complexity index is 668. The van der Waals surface area contributed by atoms with Gasteiger partial charge in [-0.05, 0) is 30.5 Å². The van der Waals surface area contributed by atoms with E-state index < -0.39 is 25.1 Å². The van der Waals surface area contributed by atoms with Crippen molar-refractivity contribution in [3.8, 4) is 0 Å². The van der Waals surface area contributed by atoms with E-state index in [-0.39, 0.29) is 17.2 Å². The Labute approximate surface area is 127 Å². The molecule has 0 bridgehead atoms. The molecule has 0 saturated carbocycles. The van der Waals surface area contributed by atoms with Crippen molar-refractivity contribution < 1.29 is 16.8 Å². The summed E-state index contributed by atoms with van der Waals surface area (Å²) in [6.07, 6.45) is 1.13. The molecule has 8 heteroatoms. The van der Waals surface area contributed by atoms with Crippen LogP contribution in [-0.4, -0.2) is 34.4 Å². The van der Waals surface area contributed by atoms with Gasteiger partial charge in [-0.2, -0.15) is 0 Å². The van der Waals surface area contributed by atoms with Crippen LogP contribution in [-0.2, 0) is 25.2 Å². The molecule has 1 aromatic rings. The SMILES string of the molecule is O=S(=O)(NCC1CCCS1(=O)=O)c1ccc(CBr)cc1. The van der Waals surface area contributed by atoms with Gasteiger partial charge in [0, 0.05) is 11.9 Å². The van der Waals surface area contributed by atoms with Crippen molar-refractivity contribution in [3.05, 3.63) is 29.8 Å². The van der Waals surface area contributed by atoms with E-state index in [1.807, 2.05) is 0 Å². The van der Waals surface area contributed by atoms with Gasteiger partial charge in [-0.1, -0.05) is 28.1 Å². The van der Waals surface area contributed by atoms with Crippen LogP contribution >= 0.6 is 15.9 Å². The van der Waals surface area contributed by atoms with E-state index in [1.54, 1.807) is 12.1 Å². The first-order valence-corrected chi connectivity index (χ1v) is 10.5. The maximum Gasteiger partial charge on any atom is 0.240 e. The van der Waals surface area contributed by atoms with Crippen LogP contribution in [0.2, 0.25) is 0 Å². The summed E-state index contributed by atoms with van der Waals surface area (Å²) >= 11 is 3.29. The fraction of sp³-hybridized carbons (Fsp3) is 0.500. The molecule has 2 rings (SSSR count). The number of hydrogen-bond acceptors (Lipinski definition) is 4. The molecule has 0 amide bonds. The average molecular weight is 382 g/mol. The molecule has 0 aromatic heterocycles. The Morgan fingerprint density at radius 1 is 1.25 bits per heavy atom. The molecule has 0 aliphatic carbocycles. The maximum atomic E-state index is 12.1. The van der Waals surface area contributed by atoms with Gasteiger partial charge in [-0.15, -0.1) is 0 Å². The van der Waals surface area contributed by atoms with Crippen molar-refractivity contribution in [2.24, 2.45) is 0 Å². The smallest absolute Gasteiger partial charge is 0.229 e. The van der Waals surface area contributed by atoms with Crippen molar-refractivity contribution in [1.29, 1.82) is 0 Å². The molecule has 20 heavy (non-hydrogen) atoms. The summed E-state index contributed by atoms with van der Waals surface area (Å²) in [6.45, 7) is -0.0507. The maximum absolute atomic E-state index is 12.1. The minimum Gasteiger partial charge on any atom is -0.229 e. The third-order valence-electron chi connectivity index (χ3n) is 3.35. The lowest BCUT2D eigenvalue weighted by atomic mass is 10.2. The Morgan fingerprint density at radius 3 is 2.40 bits per heavy atom. The topological polar surface area (TPSA) is 80.3 Å². The molecule has 1 N–H and O–H groups in total. The van der Waals surface area contributed by atoms with Gasteiger partial charge >= 0.3 is 0 Å². The van der Waals surface area contributed by atoms with Crippen molar-refractivity contribution in [3.63, 3.8) is 0 Å². The Hall–Kier alpha value is -0.440. The van der Waals surface area contributed by atoms with Gasteiger partial charge < -0.3 is 0 Å². The number of rotatable bonds is 5. The lowest BCUT2D eigenvalue weighted by molar-refractivity contribution is 0.571. The third-order valence-corrected chi connectivity index (χ3v) is 7.71. The van der Waals surface area contributed by atoms with Crippen molar-refractivity contribution in [2.75, 3.05) is 12.3 Å². The lowest BCUT2D eigenvalue weighted by Crippen LogP contribution is -2.34. The quantitative estimate of drug-likeness (QED) is 0.782. The van der Waals surface area contributed by atoms with Gasteiger partial charge in [0.2, 0.25) is 10.0 Å². The van der Waals surface area contributed by atoms with Crippen LogP contribution < -0.4 is 4.72 Å². The van der Waals surface area contributed by atoms with Gasteiger partial charge in [-0.25, -0.2) is 21.6 Å². The summed E-state index contributed by atoms with van der Waals surface area (Å²) in [7, 11) is -6.79. The van der Waals surface area contributed by atoms with Crippen LogP contribution in [0.4, 0.5) is 0 Å². The van der Waals surface area contributed by atoms with Crippen LogP contribution in [0.25, 0.3) is 0 Å². The Kier molecular flexibility index (Phi) is 4.88. The Balaban J connectivity index is 2.07. The molecule has 1 aromatic carbocycles. The van der Waals surface area contributed by atoms with Gasteiger partial charge in [0.15, 0.2) is 9.84 Å². The summed E-state index contributed by atoms with van der Waals surface area (Å²) in [5, 5.41) is 0.0558. The molecule has 1 atom stereocenters. The predicted octanol–water partition coefficient (Wildman–Crippen LogP) is 1.44. The number of alkyl halides is 1. The number of halogens is 1. The Morgan fingerprint density at radius 2 is 1.90 bits per heavy atom. The monoisotopic (exact) mass is 381 g/mol. The summed E-state index contributed by atoms with van der Waals surface area (Å²) < 4.78 is 49.9. The van der Waals surface area contributed by atoms with E-state index in [1.165, 1.54) is 12.1 Å². The zero-order chi connectivity index (χ0) is 14.8. The van der Waals surface area contributed by atoms with Gasteiger partial charge in [-0.3, -0.25) is 0 Å². The molecular weight excluding hydrogens is 366 g/mol. The molecular formula is C12H16BrNO4S2. The highest BCUT2D eigenvalue weighted by molar-refractivity contribution is 9.08. The van der Waals surface area contributed by atoms with E-state index in [0.717, 1.165) is 5.56 Å². The van der Waals surface area contributed by atoms with Gasteiger partial charge in [0.05, 0.1) is 15.9 Å². The fourth-order valence-corrected chi connectivity index (χ4v) is 5.46. The molecule has 1 fully saturated rings. The number of hydrogen-bond donors (Lipinski definition) is 1. The normalized spacial score (nSPS) is 21.9. The second-order valence-electron chi connectivity index (χ2n) is 4.76. The molecule has 1 aliphatic rings. The van der Waals surface area contributed by atoms with Crippen molar-refractivity contribution in [2.45, 2.75) is 28.3 Å². The molecule has 1 saturated heterocycles. The first-order chi connectivity index (χ1) is 9.35. The van der Waals surface area contributed by atoms with E-state index in [9.17, 15) is 16.8 Å². The predicted molar refractivity (Wildman–Crippen MR) is 81.1 cm³/mol. The molecule has 1 heterocycles. The first-order valence-electron chi connectivity index (χ1n) is 6.21. The second-order valence-corrected chi connectivity index (χ2v) is 9.49. The fourth-order valence-electron chi connectivity index (χ4n) is 2.13. The summed E-state index contributed by atoms with van der Waals surface area (Å²) in [5.41, 5.74) is 0.974. The van der Waals surface area contributed by atoms with Crippen molar-refractivity contribution >= 4 is 35.8 Å².